The fourth-order valence-corrected chi connectivity index (χ4v) is 1.64. The van der Waals surface area contributed by atoms with Crippen LogP contribution in [0.5, 0.6) is 0 Å². The van der Waals surface area contributed by atoms with Crippen LogP contribution in [-0.2, 0) is 9.53 Å². The van der Waals surface area contributed by atoms with Crippen LogP contribution in [-0.4, -0.2) is 39.5 Å². The van der Waals surface area contributed by atoms with Crippen molar-refractivity contribution >= 4 is 17.7 Å². The molecule has 0 amide bonds. The van der Waals surface area contributed by atoms with Gasteiger partial charge < -0.3 is 9.84 Å². The van der Waals surface area contributed by atoms with Crippen LogP contribution in [0.25, 0.3) is 0 Å². The Hall–Kier alpha value is -1.14. The van der Waals surface area contributed by atoms with E-state index in [9.17, 15) is 9.90 Å². The van der Waals surface area contributed by atoms with Crippen LogP contribution in [0.2, 0.25) is 0 Å². The van der Waals surface area contributed by atoms with Gasteiger partial charge in [-0.1, -0.05) is 11.8 Å². The molecule has 1 heterocycles. The zero-order valence-electron chi connectivity index (χ0n) is 8.51. The van der Waals surface area contributed by atoms with Crippen LogP contribution < -0.4 is 0 Å². The number of esters is 1. The number of hydrogen-bond donors (Lipinski definition) is 1. The Morgan fingerprint density at radius 2 is 2.20 bits per heavy atom. The minimum Gasteiger partial charge on any atom is -0.467 e. The van der Waals surface area contributed by atoms with Crippen molar-refractivity contribution in [2.45, 2.75) is 17.7 Å². The van der Waals surface area contributed by atoms with Crippen molar-refractivity contribution in [2.75, 3.05) is 12.9 Å². The van der Waals surface area contributed by atoms with Crippen LogP contribution in [0.4, 0.5) is 0 Å². The lowest BCUT2D eigenvalue weighted by Crippen LogP contribution is -2.38. The standard InChI is InChI=1S/C9H12N2O3S/c1-9(13,7(12)14-2)6-15-8-10-4-3-5-11-8/h3-5,13H,6H2,1-2H3. The molecule has 0 bridgehead atoms. The predicted molar refractivity (Wildman–Crippen MR) is 55.4 cm³/mol. The van der Waals surface area contributed by atoms with Gasteiger partial charge in [-0.15, -0.1) is 0 Å². The molecular formula is C9H12N2O3S. The molecule has 0 saturated carbocycles. The van der Waals surface area contributed by atoms with Crippen molar-refractivity contribution in [3.8, 4) is 0 Å². The van der Waals surface area contributed by atoms with Gasteiger partial charge in [-0.3, -0.25) is 0 Å². The van der Waals surface area contributed by atoms with Crippen molar-refractivity contribution in [3.05, 3.63) is 18.5 Å². The summed E-state index contributed by atoms with van der Waals surface area (Å²) in [6, 6.07) is 1.70. The Morgan fingerprint density at radius 3 is 2.73 bits per heavy atom. The van der Waals surface area contributed by atoms with Gasteiger partial charge in [0.2, 0.25) is 0 Å². The first-order valence-corrected chi connectivity index (χ1v) is 5.25. The number of carbonyl (C=O) groups is 1. The van der Waals surface area contributed by atoms with Gasteiger partial charge in [-0.2, -0.15) is 0 Å². The molecule has 15 heavy (non-hydrogen) atoms. The fraction of sp³-hybridized carbons (Fsp3) is 0.444. The molecule has 0 spiro atoms. The van der Waals surface area contributed by atoms with E-state index in [1.54, 1.807) is 18.5 Å². The number of ether oxygens (including phenoxy) is 1. The molecule has 0 radical (unpaired) electrons. The lowest BCUT2D eigenvalue weighted by atomic mass is 10.1. The quantitative estimate of drug-likeness (QED) is 0.459. The average molecular weight is 228 g/mol. The van der Waals surface area contributed by atoms with Gasteiger partial charge in [-0.05, 0) is 13.0 Å². The topological polar surface area (TPSA) is 72.3 Å². The SMILES string of the molecule is COC(=O)C(C)(O)CSc1ncccn1. The second-order valence-corrected chi connectivity index (χ2v) is 4.03. The highest BCUT2D eigenvalue weighted by Gasteiger charge is 2.31. The normalized spacial score (nSPS) is 14.3. The molecule has 1 rings (SSSR count). The molecule has 0 saturated heterocycles. The maximum absolute atomic E-state index is 11.1. The summed E-state index contributed by atoms with van der Waals surface area (Å²) in [4.78, 5) is 19.0. The van der Waals surface area contributed by atoms with Crippen LogP contribution >= 0.6 is 11.8 Å². The molecular weight excluding hydrogens is 216 g/mol. The summed E-state index contributed by atoms with van der Waals surface area (Å²) in [7, 11) is 1.24. The number of methoxy groups -OCH3 is 1. The maximum atomic E-state index is 11.1. The van der Waals surface area contributed by atoms with Gasteiger partial charge in [0.05, 0.1) is 7.11 Å². The molecule has 0 aliphatic rings. The highest BCUT2D eigenvalue weighted by molar-refractivity contribution is 7.99. The van der Waals surface area contributed by atoms with Crippen molar-refractivity contribution < 1.29 is 14.6 Å². The molecule has 0 aromatic carbocycles. The molecule has 6 heteroatoms. The van der Waals surface area contributed by atoms with Crippen LogP contribution in [0.3, 0.4) is 0 Å². The molecule has 5 nitrogen and oxygen atoms in total. The van der Waals surface area contributed by atoms with E-state index in [1.165, 1.54) is 25.8 Å². The summed E-state index contributed by atoms with van der Waals surface area (Å²) in [5.41, 5.74) is -1.52. The van der Waals surface area contributed by atoms with E-state index >= 15 is 0 Å². The van der Waals surface area contributed by atoms with Gasteiger partial charge in [-0.25, -0.2) is 14.8 Å². The van der Waals surface area contributed by atoms with E-state index in [0.717, 1.165) is 0 Å². The molecule has 0 aliphatic heterocycles. The van der Waals surface area contributed by atoms with E-state index in [4.69, 9.17) is 0 Å². The molecule has 1 aromatic rings. The van der Waals surface area contributed by atoms with Crippen molar-refractivity contribution in [3.63, 3.8) is 0 Å². The van der Waals surface area contributed by atoms with Gasteiger partial charge in [0.1, 0.15) is 0 Å². The summed E-state index contributed by atoms with van der Waals surface area (Å²) >= 11 is 1.20. The lowest BCUT2D eigenvalue weighted by molar-refractivity contribution is -0.158. The highest BCUT2D eigenvalue weighted by atomic mass is 32.2. The Labute approximate surface area is 91.9 Å². The fourth-order valence-electron chi connectivity index (χ4n) is 0.844. The summed E-state index contributed by atoms with van der Waals surface area (Å²) in [6.07, 6.45) is 3.20. The number of carbonyl (C=O) groups excluding carboxylic acids is 1. The Kier molecular flexibility index (Phi) is 4.05. The number of thioether (sulfide) groups is 1. The summed E-state index contributed by atoms with van der Waals surface area (Å²) < 4.78 is 4.46. The van der Waals surface area contributed by atoms with Crippen molar-refractivity contribution in [2.24, 2.45) is 0 Å². The van der Waals surface area contributed by atoms with E-state index in [1.807, 2.05) is 0 Å². The minimum atomic E-state index is -1.52. The van der Waals surface area contributed by atoms with Gasteiger partial charge >= 0.3 is 5.97 Å². The first-order valence-electron chi connectivity index (χ1n) is 4.27. The molecule has 0 fully saturated rings. The molecule has 1 unspecified atom stereocenters. The molecule has 0 aliphatic carbocycles. The lowest BCUT2D eigenvalue weighted by Gasteiger charge is -2.18. The minimum absolute atomic E-state index is 0.156. The zero-order valence-corrected chi connectivity index (χ0v) is 9.32. The molecule has 82 valence electrons. The predicted octanol–water partition coefficient (Wildman–Crippen LogP) is 0.493. The second-order valence-electron chi connectivity index (χ2n) is 3.09. The number of rotatable bonds is 4. The number of nitrogens with zero attached hydrogens (tertiary/aromatic N) is 2. The van der Waals surface area contributed by atoms with E-state index < -0.39 is 11.6 Å². The average Bonchev–Trinajstić information content (AvgIpc) is 2.27. The summed E-state index contributed by atoms with van der Waals surface area (Å²) in [5, 5.41) is 10.2. The van der Waals surface area contributed by atoms with E-state index in [0.29, 0.717) is 5.16 Å². The maximum Gasteiger partial charge on any atom is 0.338 e. The smallest absolute Gasteiger partial charge is 0.338 e. The van der Waals surface area contributed by atoms with Gasteiger partial charge in [0, 0.05) is 18.1 Å². The molecule has 1 atom stereocenters. The third kappa shape index (κ3) is 3.49. The van der Waals surface area contributed by atoms with Crippen molar-refractivity contribution in [1.29, 1.82) is 0 Å². The molecule has 1 N–H and O–H groups in total. The monoisotopic (exact) mass is 228 g/mol. The third-order valence-corrected chi connectivity index (χ3v) is 2.83. The Bertz CT molecular complexity index is 329. The first kappa shape index (κ1) is 11.9. The number of hydrogen-bond acceptors (Lipinski definition) is 6. The number of aliphatic hydroxyl groups is 1. The van der Waals surface area contributed by atoms with E-state index in [2.05, 4.69) is 14.7 Å². The third-order valence-electron chi connectivity index (χ3n) is 1.65. The van der Waals surface area contributed by atoms with Gasteiger partial charge in [0.25, 0.3) is 0 Å². The van der Waals surface area contributed by atoms with E-state index in [-0.39, 0.29) is 5.75 Å². The summed E-state index contributed by atoms with van der Waals surface area (Å²) in [6.45, 7) is 1.40. The zero-order chi connectivity index (χ0) is 11.3. The Balaban J connectivity index is 2.53. The van der Waals surface area contributed by atoms with Crippen LogP contribution in [0.15, 0.2) is 23.6 Å². The highest BCUT2D eigenvalue weighted by Crippen LogP contribution is 2.19. The summed E-state index contributed by atoms with van der Waals surface area (Å²) in [5.74, 6) is -0.505. The first-order chi connectivity index (χ1) is 7.06. The van der Waals surface area contributed by atoms with Crippen LogP contribution in [0.1, 0.15) is 6.92 Å². The Morgan fingerprint density at radius 1 is 1.60 bits per heavy atom. The van der Waals surface area contributed by atoms with Gasteiger partial charge in [0.15, 0.2) is 10.8 Å². The van der Waals surface area contributed by atoms with Crippen LogP contribution in [0, 0.1) is 0 Å². The van der Waals surface area contributed by atoms with Crippen molar-refractivity contribution in [1.82, 2.24) is 9.97 Å². The largest absolute Gasteiger partial charge is 0.467 e. The molecule has 1 aromatic heterocycles. The number of aromatic nitrogens is 2. The second kappa shape index (κ2) is 5.09.